The van der Waals surface area contributed by atoms with Crippen LogP contribution >= 0.6 is 10.7 Å². The van der Waals surface area contributed by atoms with E-state index in [9.17, 15) is 4.80 Å². The Bertz CT molecular complexity index is 317. The van der Waals surface area contributed by atoms with Crippen molar-refractivity contribution in [2.45, 2.75) is 65.5 Å². The fourth-order valence-electron chi connectivity index (χ4n) is 2.42. The van der Waals surface area contributed by atoms with Crippen LogP contribution in [0.1, 0.15) is 0 Å². The van der Waals surface area contributed by atoms with Gasteiger partial charge in [-0.3, -0.25) is 0 Å². The van der Waals surface area contributed by atoms with Crippen molar-refractivity contribution in [3.8, 4) is 0 Å². The van der Waals surface area contributed by atoms with Gasteiger partial charge in [0.2, 0.25) is 7.47 Å². The summed E-state index contributed by atoms with van der Waals surface area (Å²) in [4.78, 5) is 9.96. The van der Waals surface area contributed by atoms with Crippen LogP contribution in [0.3, 0.4) is 0 Å². The van der Waals surface area contributed by atoms with Crippen molar-refractivity contribution >= 4 is 51.8 Å². The van der Waals surface area contributed by atoms with Gasteiger partial charge in [-0.25, -0.2) is 0 Å². The van der Waals surface area contributed by atoms with E-state index in [-0.39, 0.29) is 0 Å². The predicted molar refractivity (Wildman–Crippen MR) is 102 cm³/mol. The summed E-state index contributed by atoms with van der Waals surface area (Å²) in [6.07, 6.45) is 0. The zero-order chi connectivity index (χ0) is 16.4. The van der Waals surface area contributed by atoms with Gasteiger partial charge in [-0.2, -0.15) is 10.7 Å². The second kappa shape index (κ2) is 7.23. The number of rotatable bonds is 8. The normalized spacial score (nSPS) is 15.0. The molecule has 122 valence electrons. The van der Waals surface area contributed by atoms with Crippen molar-refractivity contribution in [3.63, 3.8) is 0 Å². The molecule has 4 nitrogen and oxygen atoms in total. The highest BCUT2D eigenvalue weighted by molar-refractivity contribution is 8.47. The molecule has 0 aliphatic rings. The van der Waals surface area contributed by atoms with E-state index >= 15 is 0 Å². The maximum absolute atomic E-state index is 9.96. The zero-order valence-electron chi connectivity index (χ0n) is 14.7. The van der Waals surface area contributed by atoms with Gasteiger partial charge in [0, 0.05) is 0 Å². The Labute approximate surface area is 134 Å². The predicted octanol–water partition coefficient (Wildman–Crippen LogP) is 3.55. The molecule has 0 rings (SSSR count). The van der Waals surface area contributed by atoms with E-state index < -0.39 is 41.1 Å². The number of hydrogen-bond donors (Lipinski definition) is 1. The molecule has 0 saturated carbocycles. The fourth-order valence-corrected chi connectivity index (χ4v) is 36.3. The molecule has 20 heavy (non-hydrogen) atoms. The topological polar surface area (TPSA) is 47.9 Å². The quantitative estimate of drug-likeness (QED) is 0.644. The van der Waals surface area contributed by atoms with Gasteiger partial charge in [-0.1, -0.05) is 13.1 Å². The van der Waals surface area contributed by atoms with Gasteiger partial charge in [0.15, 0.2) is 0 Å². The van der Waals surface area contributed by atoms with Crippen LogP contribution in [-0.2, 0) is 12.3 Å². The van der Waals surface area contributed by atoms with Crippen molar-refractivity contribution in [2.75, 3.05) is 0 Å². The summed E-state index contributed by atoms with van der Waals surface area (Å²) in [5.41, 5.74) is 0. The van der Waals surface area contributed by atoms with Crippen molar-refractivity contribution in [1.82, 2.24) is 0 Å². The summed E-state index contributed by atoms with van der Waals surface area (Å²) >= 11 is 0. The molecule has 0 heterocycles. The van der Waals surface area contributed by atoms with Gasteiger partial charge < -0.3 is 17.1 Å². The number of hydrogen-bond acceptors (Lipinski definition) is 5. The lowest BCUT2D eigenvalue weighted by atomic mass is 11.9. The lowest BCUT2D eigenvalue weighted by Gasteiger charge is -2.39. The van der Waals surface area contributed by atoms with Crippen LogP contribution in [0.25, 0.3) is 0 Å². The average Bonchev–Trinajstić information content (AvgIpc) is 1.86. The molecule has 0 bridgehead atoms. The first-order chi connectivity index (χ1) is 8.54. The Balaban J connectivity index is 4.73. The van der Waals surface area contributed by atoms with E-state index in [1.165, 1.54) is 0 Å². The fraction of sp³-hybridized carbons (Fsp3) is 1.00. The first kappa shape index (κ1) is 21.3. The van der Waals surface area contributed by atoms with Crippen molar-refractivity contribution in [3.05, 3.63) is 0 Å². The Morgan fingerprint density at radius 1 is 0.750 bits per heavy atom. The smallest absolute Gasteiger partial charge is 0.320 e. The van der Waals surface area contributed by atoms with Gasteiger partial charge in [0.25, 0.3) is 0 Å². The van der Waals surface area contributed by atoms with Gasteiger partial charge in [0.05, 0.1) is 7.95 Å². The van der Waals surface area contributed by atoms with Crippen LogP contribution in [0, 0.1) is 0 Å². The summed E-state index contributed by atoms with van der Waals surface area (Å²) in [5.74, 6) is 0. The maximum Gasteiger partial charge on any atom is 0.320 e. The maximum atomic E-state index is 9.96. The minimum Gasteiger partial charge on any atom is -0.428 e. The second-order valence-electron chi connectivity index (χ2n) is 7.12. The summed E-state index contributed by atoms with van der Waals surface area (Å²) in [6, 6.07) is 0. The molecule has 0 radical (unpaired) electrons. The Hall–Kier alpha value is 1.27. The molecule has 0 fully saturated rings. The third-order valence-electron chi connectivity index (χ3n) is 2.00. The average molecular weight is 389 g/mol. The molecule has 0 aliphatic heterocycles. The van der Waals surface area contributed by atoms with Gasteiger partial charge in [0.1, 0.15) is 0 Å². The van der Waals surface area contributed by atoms with E-state index in [4.69, 9.17) is 12.3 Å². The molecule has 0 saturated heterocycles. The van der Waals surface area contributed by atoms with Crippen LogP contribution in [-0.4, -0.2) is 45.9 Å². The highest BCUT2D eigenvalue weighted by Crippen LogP contribution is 2.30. The van der Waals surface area contributed by atoms with E-state index in [0.717, 1.165) is 0 Å². The van der Waals surface area contributed by atoms with Gasteiger partial charge in [-0.15, -0.1) is 0 Å². The molecule has 0 spiro atoms. The first-order valence-corrected chi connectivity index (χ1v) is 23.8. The van der Waals surface area contributed by atoms with Crippen LogP contribution in [0.5, 0.6) is 0 Å². The van der Waals surface area contributed by atoms with Crippen molar-refractivity contribution in [1.29, 1.82) is 0 Å². The molecule has 10 heteroatoms. The van der Waals surface area contributed by atoms with Gasteiger partial charge in [-0.05, 0) is 52.4 Å². The Morgan fingerprint density at radius 2 is 1.15 bits per heavy atom. The lowest BCUT2D eigenvalue weighted by molar-refractivity contribution is 0.298. The molecular weight excluding hydrogens is 357 g/mol. The van der Waals surface area contributed by atoms with E-state index in [1.807, 2.05) is 13.1 Å². The summed E-state index contributed by atoms with van der Waals surface area (Å²) in [5, 5.41) is 0. The van der Waals surface area contributed by atoms with Crippen molar-refractivity contribution in [2.24, 2.45) is 0 Å². The molecule has 1 N–H and O–H groups in total. The zero-order valence-corrected chi connectivity index (χ0v) is 20.6. The lowest BCUT2D eigenvalue weighted by Crippen LogP contribution is -2.56. The Morgan fingerprint density at radius 3 is 1.50 bits per heavy atom. The van der Waals surface area contributed by atoms with E-state index in [2.05, 4.69) is 49.9 Å². The monoisotopic (exact) mass is 388 g/mol. The summed E-state index contributed by atoms with van der Waals surface area (Å²) < 4.78 is 18.5. The molecule has 0 unspecified atom stereocenters. The minimum absolute atomic E-state index is 0.706. The summed E-state index contributed by atoms with van der Waals surface area (Å²) in [6.45, 7) is 20.9. The molecule has 0 atom stereocenters. The Kier molecular flexibility index (Phi) is 7.69. The molecule has 0 aromatic heterocycles. The molecule has 0 aromatic rings. The third kappa shape index (κ3) is 10.9. The van der Waals surface area contributed by atoms with Crippen LogP contribution in [0.15, 0.2) is 0 Å². The summed E-state index contributed by atoms with van der Waals surface area (Å²) in [7, 11) is -7.50. The third-order valence-corrected chi connectivity index (χ3v) is 28.1. The van der Waals surface area contributed by atoms with E-state index in [1.54, 1.807) is 13.1 Å². The largest absolute Gasteiger partial charge is 0.428 e. The highest BCUT2D eigenvalue weighted by Gasteiger charge is 2.43. The van der Waals surface area contributed by atoms with Crippen LogP contribution in [0.4, 0.5) is 0 Å². The standard InChI is InChI=1S/C10H32O4SSi5/c1-16(2)15-20(9,10)14-19(7,8)13-18(5,6)12-17(3,4)11/h11,16H,1-10H3. The molecule has 0 aromatic carbocycles. The minimum atomic E-state index is -2.56. The highest BCUT2D eigenvalue weighted by atomic mass is 32.5. The van der Waals surface area contributed by atoms with Crippen molar-refractivity contribution < 1.29 is 17.1 Å². The van der Waals surface area contributed by atoms with E-state index in [0.29, 0.717) is 0 Å². The SMILES string of the molecule is C[SiH](C)S[Si](C)(C)O[Si](C)(C)O[Si](C)(C)O[Si](C)(C)O. The van der Waals surface area contributed by atoms with Crippen LogP contribution < -0.4 is 0 Å². The van der Waals surface area contributed by atoms with Crippen LogP contribution in [0.2, 0.25) is 65.5 Å². The molecule has 0 aliphatic carbocycles. The van der Waals surface area contributed by atoms with Gasteiger partial charge >= 0.3 is 25.7 Å². The first-order valence-electron chi connectivity index (χ1n) is 7.04. The molecule has 0 amide bonds. The molecular formula is C10H32O4SSi5. The second-order valence-corrected chi connectivity index (χ2v) is 31.8.